The summed E-state index contributed by atoms with van der Waals surface area (Å²) >= 11 is 1.64. The van der Waals surface area contributed by atoms with Gasteiger partial charge in [0.25, 0.3) is 11.5 Å². The van der Waals surface area contributed by atoms with Gasteiger partial charge in [-0.05, 0) is 67.6 Å². The monoisotopic (exact) mass is 493 g/mol. The van der Waals surface area contributed by atoms with Crippen molar-refractivity contribution in [3.05, 3.63) is 82.8 Å². The van der Waals surface area contributed by atoms with E-state index < -0.39 is 11.4 Å². The van der Waals surface area contributed by atoms with Gasteiger partial charge in [-0.2, -0.15) is 5.10 Å². The maximum Gasteiger partial charge on any atom is 0.264 e. The number of likely N-dealkylation sites (tertiary alicyclic amines) is 1. The van der Waals surface area contributed by atoms with Crippen LogP contribution in [-0.2, 0) is 6.54 Å². The molecule has 1 aliphatic heterocycles. The Morgan fingerprint density at radius 2 is 1.80 bits per heavy atom. The molecule has 0 saturated carbocycles. The summed E-state index contributed by atoms with van der Waals surface area (Å²) in [5, 5.41) is 15.9. The third-order valence-corrected chi connectivity index (χ3v) is 7.15. The summed E-state index contributed by atoms with van der Waals surface area (Å²) in [5.41, 5.74) is 0.236. The topological polar surface area (TPSA) is 93.2 Å². The zero-order valence-electron chi connectivity index (χ0n) is 19.1. The van der Waals surface area contributed by atoms with E-state index in [-0.39, 0.29) is 18.0 Å². The maximum atomic E-state index is 13.1. The Morgan fingerprint density at radius 3 is 2.46 bits per heavy atom. The van der Waals surface area contributed by atoms with Gasteiger partial charge in [0.15, 0.2) is 5.65 Å². The SMILES string of the molecule is CSc1ccc(-n2ncc3c(=O)n(CC4(O)CCN(C(=O)c5ccc(F)cc5)CC4)cnc32)cc1. The highest BCUT2D eigenvalue weighted by molar-refractivity contribution is 7.98. The Kier molecular flexibility index (Phi) is 6.16. The number of nitrogens with zero attached hydrogens (tertiary/aromatic N) is 5. The van der Waals surface area contributed by atoms with E-state index in [2.05, 4.69) is 10.1 Å². The maximum absolute atomic E-state index is 13.1. The van der Waals surface area contributed by atoms with Gasteiger partial charge in [0.05, 0.1) is 24.0 Å². The van der Waals surface area contributed by atoms with E-state index in [9.17, 15) is 19.1 Å². The number of fused-ring (bicyclic) bond motifs is 1. The molecule has 1 fully saturated rings. The van der Waals surface area contributed by atoms with Crippen LogP contribution < -0.4 is 5.56 Å². The Morgan fingerprint density at radius 1 is 1.11 bits per heavy atom. The number of benzene rings is 2. The molecule has 3 heterocycles. The van der Waals surface area contributed by atoms with E-state index in [0.717, 1.165) is 10.6 Å². The number of hydrogen-bond donors (Lipinski definition) is 1. The molecule has 0 radical (unpaired) electrons. The number of carbonyl (C=O) groups is 1. The average Bonchev–Trinajstić information content (AvgIpc) is 3.31. The first-order valence-electron chi connectivity index (χ1n) is 11.2. The van der Waals surface area contributed by atoms with Crippen molar-refractivity contribution in [2.45, 2.75) is 29.9 Å². The molecule has 0 spiro atoms. The first kappa shape index (κ1) is 23.3. The van der Waals surface area contributed by atoms with E-state index >= 15 is 0 Å². The van der Waals surface area contributed by atoms with Gasteiger partial charge in [-0.3, -0.25) is 14.2 Å². The van der Waals surface area contributed by atoms with Crippen LogP contribution >= 0.6 is 11.8 Å². The van der Waals surface area contributed by atoms with Gasteiger partial charge in [-0.25, -0.2) is 14.1 Å². The molecule has 5 rings (SSSR count). The van der Waals surface area contributed by atoms with Crippen molar-refractivity contribution in [1.29, 1.82) is 0 Å². The Labute approximate surface area is 205 Å². The number of aromatic nitrogens is 4. The molecule has 0 unspecified atom stereocenters. The normalized spacial score (nSPS) is 15.5. The van der Waals surface area contributed by atoms with Gasteiger partial charge < -0.3 is 10.0 Å². The lowest BCUT2D eigenvalue weighted by atomic mass is 9.91. The van der Waals surface area contributed by atoms with Crippen molar-refractivity contribution in [1.82, 2.24) is 24.2 Å². The first-order valence-corrected chi connectivity index (χ1v) is 12.4. The fourth-order valence-electron chi connectivity index (χ4n) is 4.35. The van der Waals surface area contributed by atoms with E-state index in [1.807, 2.05) is 30.5 Å². The van der Waals surface area contributed by atoms with E-state index in [0.29, 0.717) is 42.5 Å². The van der Waals surface area contributed by atoms with Crippen molar-refractivity contribution in [2.24, 2.45) is 0 Å². The molecule has 1 N–H and O–H groups in total. The van der Waals surface area contributed by atoms with Crippen LogP contribution in [0, 0.1) is 5.82 Å². The number of hydrogen-bond acceptors (Lipinski definition) is 6. The summed E-state index contributed by atoms with van der Waals surface area (Å²) in [4.78, 5) is 33.0. The number of aliphatic hydroxyl groups is 1. The van der Waals surface area contributed by atoms with E-state index in [1.165, 1.54) is 41.4 Å². The molecule has 35 heavy (non-hydrogen) atoms. The molecule has 1 saturated heterocycles. The fraction of sp³-hybridized carbons (Fsp3) is 0.280. The van der Waals surface area contributed by atoms with Crippen molar-refractivity contribution < 1.29 is 14.3 Å². The second kappa shape index (κ2) is 9.27. The average molecular weight is 494 g/mol. The Hall–Kier alpha value is -3.50. The van der Waals surface area contributed by atoms with Gasteiger partial charge in [0, 0.05) is 23.5 Å². The van der Waals surface area contributed by atoms with Crippen LogP contribution in [0.15, 0.2) is 70.7 Å². The van der Waals surface area contributed by atoms with Gasteiger partial charge in [-0.15, -0.1) is 11.8 Å². The standard InChI is InChI=1S/C25H24FN5O3S/c1-35-20-8-6-19(7-9-20)31-22-21(14-28-31)24(33)30(16-27-22)15-25(34)10-12-29(13-11-25)23(32)17-2-4-18(26)5-3-17/h2-9,14,16,34H,10-13,15H2,1H3. The number of amides is 1. The van der Waals surface area contributed by atoms with Gasteiger partial charge in [0.1, 0.15) is 17.5 Å². The molecular weight excluding hydrogens is 469 g/mol. The predicted molar refractivity (Wildman–Crippen MR) is 131 cm³/mol. The highest BCUT2D eigenvalue weighted by Crippen LogP contribution is 2.25. The van der Waals surface area contributed by atoms with Crippen LogP contribution in [0.5, 0.6) is 0 Å². The summed E-state index contributed by atoms with van der Waals surface area (Å²) in [6.45, 7) is 0.739. The van der Waals surface area contributed by atoms with Gasteiger partial charge >= 0.3 is 0 Å². The summed E-state index contributed by atoms with van der Waals surface area (Å²) in [6.07, 6.45) is 5.56. The zero-order valence-corrected chi connectivity index (χ0v) is 19.9. The zero-order chi connectivity index (χ0) is 24.6. The van der Waals surface area contributed by atoms with Crippen LogP contribution in [-0.4, -0.2) is 60.2 Å². The molecule has 8 nitrogen and oxygen atoms in total. The van der Waals surface area contributed by atoms with Crippen LogP contribution in [0.1, 0.15) is 23.2 Å². The van der Waals surface area contributed by atoms with E-state index in [4.69, 9.17) is 0 Å². The van der Waals surface area contributed by atoms with Gasteiger partial charge in [0.2, 0.25) is 0 Å². The Bertz CT molecular complexity index is 1420. The van der Waals surface area contributed by atoms with Crippen LogP contribution in [0.3, 0.4) is 0 Å². The molecule has 0 bridgehead atoms. The molecule has 0 aliphatic carbocycles. The molecule has 2 aromatic carbocycles. The minimum absolute atomic E-state index is 0.0704. The van der Waals surface area contributed by atoms with Crippen LogP contribution in [0.4, 0.5) is 4.39 Å². The molecule has 1 amide bonds. The molecular formula is C25H24FN5O3S. The summed E-state index contributed by atoms with van der Waals surface area (Å²) in [5.74, 6) is -0.602. The number of rotatable bonds is 5. The van der Waals surface area contributed by atoms with Crippen LogP contribution in [0.2, 0.25) is 0 Å². The second-order valence-electron chi connectivity index (χ2n) is 8.69. The number of thioether (sulfide) groups is 1. The lowest BCUT2D eigenvalue weighted by Gasteiger charge is -2.38. The molecule has 180 valence electrons. The Balaban J connectivity index is 1.31. The minimum Gasteiger partial charge on any atom is -0.388 e. The number of piperidine rings is 1. The molecule has 0 atom stereocenters. The fourth-order valence-corrected chi connectivity index (χ4v) is 4.76. The largest absolute Gasteiger partial charge is 0.388 e. The third kappa shape index (κ3) is 4.59. The highest BCUT2D eigenvalue weighted by atomic mass is 32.2. The molecule has 2 aromatic heterocycles. The van der Waals surface area contributed by atoms with Gasteiger partial charge in [-0.1, -0.05) is 0 Å². The summed E-state index contributed by atoms with van der Waals surface area (Å²) in [6, 6.07) is 13.2. The third-order valence-electron chi connectivity index (χ3n) is 6.41. The van der Waals surface area contributed by atoms with Crippen LogP contribution in [0.25, 0.3) is 16.7 Å². The summed E-state index contributed by atoms with van der Waals surface area (Å²) in [7, 11) is 0. The minimum atomic E-state index is -1.15. The van der Waals surface area contributed by atoms with Crippen molar-refractivity contribution >= 4 is 28.7 Å². The smallest absolute Gasteiger partial charge is 0.264 e. The quantitative estimate of drug-likeness (QED) is 0.430. The highest BCUT2D eigenvalue weighted by Gasteiger charge is 2.35. The first-order chi connectivity index (χ1) is 16.9. The molecule has 4 aromatic rings. The molecule has 1 aliphatic rings. The second-order valence-corrected chi connectivity index (χ2v) is 9.57. The number of carbonyl (C=O) groups excluding carboxylic acids is 1. The van der Waals surface area contributed by atoms with Crippen molar-refractivity contribution in [3.8, 4) is 5.69 Å². The predicted octanol–water partition coefficient (Wildman–Crippen LogP) is 3.11. The summed E-state index contributed by atoms with van der Waals surface area (Å²) < 4.78 is 16.2. The molecule has 10 heteroatoms. The van der Waals surface area contributed by atoms with Crippen molar-refractivity contribution in [3.63, 3.8) is 0 Å². The van der Waals surface area contributed by atoms with E-state index in [1.54, 1.807) is 21.3 Å². The number of halogens is 1. The van der Waals surface area contributed by atoms with Crippen molar-refractivity contribution in [2.75, 3.05) is 19.3 Å². The lowest BCUT2D eigenvalue weighted by molar-refractivity contribution is -0.0299. The lowest BCUT2D eigenvalue weighted by Crippen LogP contribution is -2.49.